The first-order chi connectivity index (χ1) is 13.8. The summed E-state index contributed by atoms with van der Waals surface area (Å²) in [5, 5.41) is 8.05. The zero-order valence-corrected chi connectivity index (χ0v) is 16.0. The van der Waals surface area contributed by atoms with Gasteiger partial charge in [-0.25, -0.2) is 4.79 Å². The number of anilines is 3. The van der Waals surface area contributed by atoms with Crippen LogP contribution in [0.25, 0.3) is 11.1 Å². The molecular weight excluding hydrogens is 370 g/mol. The molecule has 8 heteroatoms. The Morgan fingerprint density at radius 3 is 1.93 bits per heavy atom. The Morgan fingerprint density at radius 2 is 1.41 bits per heavy atom. The first-order valence-electron chi connectivity index (χ1n) is 8.87. The van der Waals surface area contributed by atoms with E-state index in [9.17, 15) is 14.4 Å². The topological polar surface area (TPSA) is 129 Å². The summed E-state index contributed by atoms with van der Waals surface area (Å²) in [6.07, 6.45) is 1.60. The number of amides is 4. The summed E-state index contributed by atoms with van der Waals surface area (Å²) < 4.78 is 0. The lowest BCUT2D eigenvalue weighted by Crippen LogP contribution is -2.19. The normalized spacial score (nSPS) is 10.3. The fraction of sp³-hybridized carbons (Fsp3) is 0.0952. The molecule has 0 aliphatic heterocycles. The van der Waals surface area contributed by atoms with Crippen LogP contribution in [0.3, 0.4) is 0 Å². The van der Waals surface area contributed by atoms with E-state index in [0.717, 1.165) is 5.56 Å². The molecular formula is C21H21N5O3. The number of benzene rings is 2. The third kappa shape index (κ3) is 4.81. The molecule has 29 heavy (non-hydrogen) atoms. The number of urea groups is 1. The molecule has 0 saturated carbocycles. The van der Waals surface area contributed by atoms with Gasteiger partial charge in [-0.15, -0.1) is 0 Å². The molecule has 0 radical (unpaired) electrons. The Bertz CT molecular complexity index is 1050. The summed E-state index contributed by atoms with van der Waals surface area (Å²) in [5.74, 6) is -0.732. The number of carbonyl (C=O) groups excluding carboxylic acids is 3. The van der Waals surface area contributed by atoms with Crippen LogP contribution in [0.1, 0.15) is 22.8 Å². The van der Waals surface area contributed by atoms with Crippen LogP contribution in [0, 0.1) is 6.92 Å². The number of aromatic amines is 1. The number of nitrogens with one attached hydrogen (secondary N) is 4. The highest BCUT2D eigenvalue weighted by atomic mass is 16.2. The van der Waals surface area contributed by atoms with E-state index in [1.54, 1.807) is 30.5 Å². The van der Waals surface area contributed by atoms with Gasteiger partial charge in [0.2, 0.25) is 5.91 Å². The first-order valence-corrected chi connectivity index (χ1v) is 8.87. The van der Waals surface area contributed by atoms with E-state index in [1.165, 1.54) is 6.92 Å². The van der Waals surface area contributed by atoms with Crippen molar-refractivity contribution in [2.75, 3.05) is 16.0 Å². The Morgan fingerprint density at radius 1 is 0.862 bits per heavy atom. The van der Waals surface area contributed by atoms with Crippen molar-refractivity contribution in [2.24, 2.45) is 5.73 Å². The van der Waals surface area contributed by atoms with Crippen molar-refractivity contribution >= 4 is 35.0 Å². The van der Waals surface area contributed by atoms with E-state index in [0.29, 0.717) is 22.5 Å². The van der Waals surface area contributed by atoms with E-state index >= 15 is 0 Å². The van der Waals surface area contributed by atoms with Gasteiger partial charge in [-0.2, -0.15) is 0 Å². The zero-order chi connectivity index (χ0) is 21.0. The zero-order valence-electron chi connectivity index (χ0n) is 16.0. The molecule has 0 aliphatic carbocycles. The van der Waals surface area contributed by atoms with Crippen molar-refractivity contribution in [3.63, 3.8) is 0 Å². The predicted octanol–water partition coefficient (Wildman–Crippen LogP) is 3.69. The number of hydrogen-bond acceptors (Lipinski definition) is 3. The van der Waals surface area contributed by atoms with Gasteiger partial charge in [-0.1, -0.05) is 29.8 Å². The van der Waals surface area contributed by atoms with Gasteiger partial charge in [0.1, 0.15) is 5.82 Å². The average molecular weight is 391 g/mol. The number of H-pyrrole nitrogens is 1. The van der Waals surface area contributed by atoms with Crippen LogP contribution in [0.15, 0.2) is 54.7 Å². The first kappa shape index (κ1) is 19.7. The second kappa shape index (κ2) is 8.30. The molecule has 3 aromatic rings. The van der Waals surface area contributed by atoms with Crippen LogP contribution in [-0.2, 0) is 4.79 Å². The summed E-state index contributed by atoms with van der Waals surface area (Å²) in [6, 6.07) is 14.0. The quantitative estimate of drug-likeness (QED) is 0.455. The standard InChI is InChI=1S/C21H21N5O3/c1-12-3-7-15(8-4-12)25-21(29)26-16-9-5-14(6-10-16)17-11-23-20(24-13(2)27)18(17)19(22)28/h3-11,23H,1-2H3,(H2,22,28)(H,24,27)(H2,25,26,29). The summed E-state index contributed by atoms with van der Waals surface area (Å²) in [5.41, 5.74) is 9.30. The molecule has 1 aromatic heterocycles. The van der Waals surface area contributed by atoms with Crippen LogP contribution >= 0.6 is 0 Å². The summed E-state index contributed by atoms with van der Waals surface area (Å²) in [4.78, 5) is 38.1. The number of hydrogen-bond donors (Lipinski definition) is 5. The Kier molecular flexibility index (Phi) is 5.64. The monoisotopic (exact) mass is 391 g/mol. The number of aryl methyl sites for hydroxylation is 1. The summed E-state index contributed by atoms with van der Waals surface area (Å²) in [6.45, 7) is 3.31. The van der Waals surface area contributed by atoms with Gasteiger partial charge >= 0.3 is 6.03 Å². The van der Waals surface area contributed by atoms with Crippen LogP contribution < -0.4 is 21.7 Å². The molecule has 148 valence electrons. The molecule has 1 heterocycles. The van der Waals surface area contributed by atoms with Gasteiger partial charge in [0, 0.05) is 30.1 Å². The van der Waals surface area contributed by atoms with E-state index in [-0.39, 0.29) is 23.3 Å². The average Bonchev–Trinajstić information content (AvgIpc) is 3.07. The molecule has 0 unspecified atom stereocenters. The van der Waals surface area contributed by atoms with Gasteiger partial charge in [-0.05, 0) is 36.8 Å². The highest BCUT2D eigenvalue weighted by Gasteiger charge is 2.18. The van der Waals surface area contributed by atoms with E-state index < -0.39 is 5.91 Å². The van der Waals surface area contributed by atoms with Crippen LogP contribution in [0.4, 0.5) is 22.0 Å². The number of rotatable bonds is 5. The Hall–Kier alpha value is -4.07. The second-order valence-corrected chi connectivity index (χ2v) is 6.52. The van der Waals surface area contributed by atoms with Gasteiger partial charge in [0.05, 0.1) is 5.56 Å². The van der Waals surface area contributed by atoms with Gasteiger partial charge in [0.15, 0.2) is 0 Å². The molecule has 3 rings (SSSR count). The molecule has 0 spiro atoms. The molecule has 4 amide bonds. The van der Waals surface area contributed by atoms with Gasteiger partial charge in [-0.3, -0.25) is 9.59 Å². The highest BCUT2D eigenvalue weighted by molar-refractivity contribution is 6.07. The number of carbonyl (C=O) groups is 3. The van der Waals surface area contributed by atoms with Crippen LogP contribution in [-0.4, -0.2) is 22.8 Å². The second-order valence-electron chi connectivity index (χ2n) is 6.52. The summed E-state index contributed by atoms with van der Waals surface area (Å²) >= 11 is 0. The fourth-order valence-corrected chi connectivity index (χ4v) is 2.85. The molecule has 0 atom stereocenters. The smallest absolute Gasteiger partial charge is 0.323 e. The van der Waals surface area contributed by atoms with Crippen molar-refractivity contribution < 1.29 is 14.4 Å². The fourth-order valence-electron chi connectivity index (χ4n) is 2.85. The maximum absolute atomic E-state index is 12.1. The van der Waals surface area contributed by atoms with E-state index in [2.05, 4.69) is 20.9 Å². The predicted molar refractivity (Wildman–Crippen MR) is 113 cm³/mol. The van der Waals surface area contributed by atoms with E-state index in [1.807, 2.05) is 31.2 Å². The van der Waals surface area contributed by atoms with Crippen molar-refractivity contribution in [3.8, 4) is 11.1 Å². The molecule has 0 fully saturated rings. The molecule has 2 aromatic carbocycles. The van der Waals surface area contributed by atoms with Crippen molar-refractivity contribution in [1.29, 1.82) is 0 Å². The lowest BCUT2D eigenvalue weighted by molar-refractivity contribution is -0.114. The molecule has 6 N–H and O–H groups in total. The summed E-state index contributed by atoms with van der Waals surface area (Å²) in [7, 11) is 0. The van der Waals surface area contributed by atoms with Crippen molar-refractivity contribution in [1.82, 2.24) is 4.98 Å². The number of primary amides is 1. The Balaban J connectivity index is 1.74. The Labute approximate surface area is 167 Å². The maximum Gasteiger partial charge on any atom is 0.323 e. The number of aromatic nitrogens is 1. The lowest BCUT2D eigenvalue weighted by Gasteiger charge is -2.09. The van der Waals surface area contributed by atoms with Crippen molar-refractivity contribution in [3.05, 3.63) is 65.9 Å². The third-order valence-corrected chi connectivity index (χ3v) is 4.19. The largest absolute Gasteiger partial charge is 0.365 e. The lowest BCUT2D eigenvalue weighted by atomic mass is 10.0. The molecule has 0 aliphatic rings. The van der Waals surface area contributed by atoms with Crippen molar-refractivity contribution in [2.45, 2.75) is 13.8 Å². The third-order valence-electron chi connectivity index (χ3n) is 4.19. The minimum Gasteiger partial charge on any atom is -0.365 e. The molecule has 0 saturated heterocycles. The number of nitrogens with two attached hydrogens (primary N) is 1. The van der Waals surface area contributed by atoms with Gasteiger partial charge in [0.25, 0.3) is 5.91 Å². The molecule has 0 bridgehead atoms. The van der Waals surface area contributed by atoms with Gasteiger partial charge < -0.3 is 26.7 Å². The maximum atomic E-state index is 12.1. The van der Waals surface area contributed by atoms with E-state index in [4.69, 9.17) is 5.73 Å². The van der Waals surface area contributed by atoms with Crippen LogP contribution in [0.2, 0.25) is 0 Å². The van der Waals surface area contributed by atoms with Crippen LogP contribution in [0.5, 0.6) is 0 Å². The minimum absolute atomic E-state index is 0.193. The SMILES string of the molecule is CC(=O)Nc1[nH]cc(-c2ccc(NC(=O)Nc3ccc(C)cc3)cc2)c1C(N)=O. The highest BCUT2D eigenvalue weighted by Crippen LogP contribution is 2.30. The minimum atomic E-state index is -0.662. The molecule has 8 nitrogen and oxygen atoms in total.